The largest absolute Gasteiger partial charge is 0.503 e. The van der Waals surface area contributed by atoms with Crippen molar-refractivity contribution in [3.63, 3.8) is 0 Å². The molecule has 1 heterocycles. The zero-order valence-electron chi connectivity index (χ0n) is 17.5. The van der Waals surface area contributed by atoms with E-state index in [1.54, 1.807) is 52.0 Å². The molecule has 0 aromatic heterocycles. The lowest BCUT2D eigenvalue weighted by Gasteiger charge is -2.27. The van der Waals surface area contributed by atoms with Gasteiger partial charge in [0.05, 0.1) is 23.3 Å². The van der Waals surface area contributed by atoms with E-state index in [9.17, 15) is 19.5 Å². The van der Waals surface area contributed by atoms with E-state index in [0.717, 1.165) is 0 Å². The van der Waals surface area contributed by atoms with Gasteiger partial charge in [0.25, 0.3) is 5.91 Å². The van der Waals surface area contributed by atoms with Gasteiger partial charge in [0.2, 0.25) is 0 Å². The number of esters is 1. The van der Waals surface area contributed by atoms with Crippen molar-refractivity contribution in [3.05, 3.63) is 77.1 Å². The SMILES string of the molecule is CC(C)OC(=O)c1ccc(N2C(=O)C(O)=C(C(=O)C(C)C)C2c2ccccc2)cc1. The highest BCUT2D eigenvalue weighted by Gasteiger charge is 2.44. The van der Waals surface area contributed by atoms with Gasteiger partial charge in [-0.2, -0.15) is 0 Å². The van der Waals surface area contributed by atoms with Gasteiger partial charge in [-0.25, -0.2) is 4.79 Å². The van der Waals surface area contributed by atoms with Crippen molar-refractivity contribution in [2.45, 2.75) is 39.8 Å². The molecule has 156 valence electrons. The fourth-order valence-corrected chi connectivity index (χ4v) is 3.43. The molecule has 0 bridgehead atoms. The molecule has 1 aliphatic rings. The summed E-state index contributed by atoms with van der Waals surface area (Å²) in [7, 11) is 0. The van der Waals surface area contributed by atoms with Gasteiger partial charge in [-0.3, -0.25) is 14.5 Å². The molecule has 30 heavy (non-hydrogen) atoms. The molecule has 6 heteroatoms. The van der Waals surface area contributed by atoms with Gasteiger partial charge in [-0.05, 0) is 43.7 Å². The normalized spacial score (nSPS) is 16.5. The molecular formula is C24H25NO5. The fourth-order valence-electron chi connectivity index (χ4n) is 3.43. The van der Waals surface area contributed by atoms with Gasteiger partial charge in [0, 0.05) is 11.6 Å². The number of aliphatic hydroxyl groups excluding tert-OH is 1. The molecule has 0 spiro atoms. The first-order valence-corrected chi connectivity index (χ1v) is 9.89. The minimum atomic E-state index is -0.748. The predicted octanol–water partition coefficient (Wildman–Crippen LogP) is 4.38. The molecule has 0 saturated heterocycles. The summed E-state index contributed by atoms with van der Waals surface area (Å²) in [6, 6.07) is 14.7. The van der Waals surface area contributed by atoms with Crippen molar-refractivity contribution in [1.82, 2.24) is 0 Å². The Balaban J connectivity index is 2.04. The van der Waals surface area contributed by atoms with Crippen molar-refractivity contribution in [2.75, 3.05) is 4.90 Å². The predicted molar refractivity (Wildman–Crippen MR) is 113 cm³/mol. The minimum Gasteiger partial charge on any atom is -0.503 e. The molecule has 0 fully saturated rings. The fraction of sp³-hybridized carbons (Fsp3) is 0.292. The number of anilines is 1. The molecule has 0 aliphatic carbocycles. The molecule has 3 rings (SSSR count). The maximum atomic E-state index is 13.0. The first-order valence-electron chi connectivity index (χ1n) is 9.89. The zero-order chi connectivity index (χ0) is 22.0. The third-order valence-electron chi connectivity index (χ3n) is 4.84. The van der Waals surface area contributed by atoms with Crippen LogP contribution in [0.1, 0.15) is 49.7 Å². The molecule has 1 amide bonds. The lowest BCUT2D eigenvalue weighted by molar-refractivity contribution is -0.119. The molecule has 2 aromatic rings. The molecule has 1 atom stereocenters. The smallest absolute Gasteiger partial charge is 0.338 e. The van der Waals surface area contributed by atoms with Crippen molar-refractivity contribution in [3.8, 4) is 0 Å². The summed E-state index contributed by atoms with van der Waals surface area (Å²) in [5, 5.41) is 10.6. The van der Waals surface area contributed by atoms with E-state index in [0.29, 0.717) is 16.8 Å². The van der Waals surface area contributed by atoms with Crippen LogP contribution in [0.15, 0.2) is 65.9 Å². The average molecular weight is 407 g/mol. The Bertz CT molecular complexity index is 990. The first-order chi connectivity index (χ1) is 14.2. The number of ether oxygens (including phenoxy) is 1. The van der Waals surface area contributed by atoms with Gasteiger partial charge < -0.3 is 9.84 Å². The molecule has 0 saturated carbocycles. The Morgan fingerprint density at radius 1 is 0.967 bits per heavy atom. The second-order valence-corrected chi connectivity index (χ2v) is 7.77. The minimum absolute atomic E-state index is 0.0875. The highest BCUT2D eigenvalue weighted by molar-refractivity contribution is 6.16. The number of ketones is 1. The number of nitrogens with zero attached hydrogens (tertiary/aromatic N) is 1. The highest BCUT2D eigenvalue weighted by Crippen LogP contribution is 2.41. The Kier molecular flexibility index (Phi) is 6.06. The molecule has 1 aliphatic heterocycles. The van der Waals surface area contributed by atoms with Crippen molar-refractivity contribution in [2.24, 2.45) is 5.92 Å². The maximum absolute atomic E-state index is 13.0. The standard InChI is InChI=1S/C24H25NO5/c1-14(2)21(26)19-20(16-8-6-5-7-9-16)25(23(28)22(19)27)18-12-10-17(11-13-18)24(29)30-15(3)4/h5-15,20,27H,1-4H3. The Morgan fingerprint density at radius 2 is 1.57 bits per heavy atom. The van der Waals surface area contributed by atoms with E-state index in [2.05, 4.69) is 0 Å². The summed E-state index contributed by atoms with van der Waals surface area (Å²) in [6.45, 7) is 6.99. The average Bonchev–Trinajstić information content (AvgIpc) is 2.98. The lowest BCUT2D eigenvalue weighted by Crippen LogP contribution is -2.31. The molecule has 0 radical (unpaired) electrons. The number of carbonyl (C=O) groups excluding carboxylic acids is 3. The van der Waals surface area contributed by atoms with Gasteiger partial charge in [-0.15, -0.1) is 0 Å². The number of aliphatic hydroxyl groups is 1. The number of hydrogen-bond acceptors (Lipinski definition) is 5. The van der Waals surface area contributed by atoms with E-state index in [1.807, 2.05) is 30.3 Å². The van der Waals surface area contributed by atoms with E-state index >= 15 is 0 Å². The third-order valence-corrected chi connectivity index (χ3v) is 4.84. The summed E-state index contributed by atoms with van der Waals surface area (Å²) in [5.41, 5.74) is 1.62. The quantitative estimate of drug-likeness (QED) is 0.719. The van der Waals surface area contributed by atoms with Gasteiger partial charge >= 0.3 is 5.97 Å². The molecule has 1 N–H and O–H groups in total. The number of carbonyl (C=O) groups is 3. The van der Waals surface area contributed by atoms with Crippen molar-refractivity contribution >= 4 is 23.3 Å². The molecular weight excluding hydrogens is 382 g/mol. The number of Topliss-reactive ketones (excluding diaryl/α,β-unsaturated/α-hetero) is 1. The Hall–Kier alpha value is -3.41. The van der Waals surface area contributed by atoms with Crippen molar-refractivity contribution in [1.29, 1.82) is 0 Å². The Labute approximate surface area is 175 Å². The van der Waals surface area contributed by atoms with Crippen molar-refractivity contribution < 1.29 is 24.2 Å². The number of amides is 1. The summed E-state index contributed by atoms with van der Waals surface area (Å²) in [6.07, 6.45) is -0.245. The van der Waals surface area contributed by atoms with Crippen LogP contribution in [0, 0.1) is 5.92 Å². The summed E-state index contributed by atoms with van der Waals surface area (Å²) in [5.74, 6) is -2.31. The summed E-state index contributed by atoms with van der Waals surface area (Å²) >= 11 is 0. The maximum Gasteiger partial charge on any atom is 0.338 e. The zero-order valence-corrected chi connectivity index (χ0v) is 17.5. The van der Waals surface area contributed by atoms with E-state index < -0.39 is 23.7 Å². The Morgan fingerprint density at radius 3 is 2.10 bits per heavy atom. The van der Waals surface area contributed by atoms with E-state index in [1.165, 1.54) is 4.90 Å². The van der Waals surface area contributed by atoms with Crippen LogP contribution >= 0.6 is 0 Å². The van der Waals surface area contributed by atoms with Crippen LogP contribution in [0.25, 0.3) is 0 Å². The van der Waals surface area contributed by atoms with Crippen LogP contribution < -0.4 is 4.90 Å². The molecule has 1 unspecified atom stereocenters. The van der Waals surface area contributed by atoms with E-state index in [-0.39, 0.29) is 23.4 Å². The van der Waals surface area contributed by atoms with Gasteiger partial charge in [0.15, 0.2) is 11.5 Å². The van der Waals surface area contributed by atoms with E-state index in [4.69, 9.17) is 4.74 Å². The van der Waals surface area contributed by atoms with Gasteiger partial charge in [0.1, 0.15) is 0 Å². The van der Waals surface area contributed by atoms with Crippen LogP contribution in [0.2, 0.25) is 0 Å². The second kappa shape index (κ2) is 8.53. The first kappa shape index (κ1) is 21.3. The van der Waals surface area contributed by atoms with Crippen LogP contribution in [-0.2, 0) is 14.3 Å². The van der Waals surface area contributed by atoms with Crippen LogP contribution in [0.3, 0.4) is 0 Å². The third kappa shape index (κ3) is 3.99. The highest BCUT2D eigenvalue weighted by atomic mass is 16.5. The van der Waals surface area contributed by atoms with Crippen LogP contribution in [0.5, 0.6) is 0 Å². The second-order valence-electron chi connectivity index (χ2n) is 7.77. The van der Waals surface area contributed by atoms with Gasteiger partial charge in [-0.1, -0.05) is 44.2 Å². The summed E-state index contributed by atoms with van der Waals surface area (Å²) < 4.78 is 5.19. The summed E-state index contributed by atoms with van der Waals surface area (Å²) in [4.78, 5) is 39.3. The van der Waals surface area contributed by atoms with Crippen LogP contribution in [-0.4, -0.2) is 28.9 Å². The number of rotatable bonds is 6. The molecule has 2 aromatic carbocycles. The topological polar surface area (TPSA) is 83.9 Å². The number of benzene rings is 2. The lowest BCUT2D eigenvalue weighted by atomic mass is 9.91. The monoisotopic (exact) mass is 407 g/mol. The number of hydrogen-bond donors (Lipinski definition) is 1. The molecule has 6 nitrogen and oxygen atoms in total. The van der Waals surface area contributed by atoms with Crippen LogP contribution in [0.4, 0.5) is 5.69 Å².